The Balaban J connectivity index is 2.02. The van der Waals surface area contributed by atoms with Crippen molar-refractivity contribution in [3.05, 3.63) is 29.8 Å². The molecule has 1 heterocycles. The van der Waals surface area contributed by atoms with Crippen molar-refractivity contribution in [3.8, 4) is 6.07 Å². The van der Waals surface area contributed by atoms with E-state index in [1.807, 2.05) is 13.0 Å². The third-order valence-electron chi connectivity index (χ3n) is 3.31. The van der Waals surface area contributed by atoms with Crippen LogP contribution in [-0.2, 0) is 9.59 Å². The number of nitrogens with zero attached hydrogens (tertiary/aromatic N) is 2. The summed E-state index contributed by atoms with van der Waals surface area (Å²) in [6.07, 6.45) is 1.30. The Morgan fingerprint density at radius 2 is 2.14 bits per heavy atom. The molecule has 114 valence electrons. The lowest BCUT2D eigenvalue weighted by atomic mass is 10.1. The second-order valence-corrected chi connectivity index (χ2v) is 4.92. The van der Waals surface area contributed by atoms with Crippen molar-refractivity contribution in [1.82, 2.24) is 10.2 Å². The van der Waals surface area contributed by atoms with E-state index in [2.05, 4.69) is 10.6 Å². The molecule has 1 aliphatic rings. The smallest absolute Gasteiger partial charge is 0.325 e. The summed E-state index contributed by atoms with van der Waals surface area (Å²) in [5, 5.41) is 14.1. The maximum atomic E-state index is 12.0. The van der Waals surface area contributed by atoms with Crippen LogP contribution in [0.15, 0.2) is 24.3 Å². The van der Waals surface area contributed by atoms with E-state index in [4.69, 9.17) is 5.26 Å². The number of benzene rings is 1. The molecule has 22 heavy (non-hydrogen) atoms. The van der Waals surface area contributed by atoms with Gasteiger partial charge in [0.25, 0.3) is 5.91 Å². The van der Waals surface area contributed by atoms with Gasteiger partial charge >= 0.3 is 6.03 Å². The van der Waals surface area contributed by atoms with Crippen molar-refractivity contribution < 1.29 is 14.4 Å². The summed E-state index contributed by atoms with van der Waals surface area (Å²) >= 11 is 0. The topological polar surface area (TPSA) is 102 Å². The standard InChI is InChI=1S/C15H16N4O3/c1-2-5-12-14(21)19(15(22)18-12)9-13(20)17-11-7-4-3-6-10(11)8-16/h3-4,6-7,12H,2,5,9H2,1H3,(H,17,20)(H,18,22)/t12-/m1/s1. The predicted octanol–water partition coefficient (Wildman–Crippen LogP) is 1.22. The van der Waals surface area contributed by atoms with Crippen molar-refractivity contribution >= 4 is 23.5 Å². The zero-order valence-electron chi connectivity index (χ0n) is 12.1. The molecule has 0 aromatic heterocycles. The normalized spacial score (nSPS) is 17.1. The molecule has 0 bridgehead atoms. The zero-order valence-corrected chi connectivity index (χ0v) is 12.1. The molecular weight excluding hydrogens is 284 g/mol. The predicted molar refractivity (Wildman–Crippen MR) is 78.7 cm³/mol. The molecule has 0 aliphatic carbocycles. The molecule has 0 saturated carbocycles. The first-order valence-electron chi connectivity index (χ1n) is 6.97. The van der Waals surface area contributed by atoms with Gasteiger partial charge in [0.2, 0.25) is 5.91 Å². The van der Waals surface area contributed by atoms with Crippen LogP contribution in [0, 0.1) is 11.3 Å². The molecule has 7 nitrogen and oxygen atoms in total. The molecule has 0 spiro atoms. The first-order chi connectivity index (χ1) is 10.6. The van der Waals surface area contributed by atoms with E-state index in [9.17, 15) is 14.4 Å². The van der Waals surface area contributed by atoms with Gasteiger partial charge in [-0.25, -0.2) is 4.79 Å². The molecule has 0 radical (unpaired) electrons. The van der Waals surface area contributed by atoms with Crippen LogP contribution in [0.3, 0.4) is 0 Å². The first kappa shape index (κ1) is 15.5. The zero-order chi connectivity index (χ0) is 16.1. The fourth-order valence-electron chi connectivity index (χ4n) is 2.23. The van der Waals surface area contributed by atoms with Crippen LogP contribution in [0.1, 0.15) is 25.3 Å². The van der Waals surface area contributed by atoms with Gasteiger partial charge in [-0.05, 0) is 18.6 Å². The maximum absolute atomic E-state index is 12.0. The number of hydrogen-bond acceptors (Lipinski definition) is 4. The van der Waals surface area contributed by atoms with Crippen molar-refractivity contribution in [2.24, 2.45) is 0 Å². The Labute approximate surface area is 127 Å². The number of amides is 4. The number of hydrogen-bond donors (Lipinski definition) is 2. The number of carbonyl (C=O) groups excluding carboxylic acids is 3. The Bertz CT molecular complexity index is 650. The monoisotopic (exact) mass is 300 g/mol. The number of imide groups is 1. The SMILES string of the molecule is CCC[C@H]1NC(=O)N(CC(=O)Nc2ccccc2C#N)C1=O. The number of carbonyl (C=O) groups is 3. The molecule has 1 atom stereocenters. The van der Waals surface area contributed by atoms with Crippen molar-refractivity contribution in [3.63, 3.8) is 0 Å². The summed E-state index contributed by atoms with van der Waals surface area (Å²) in [5.74, 6) is -0.918. The molecular formula is C15H16N4O3. The average Bonchev–Trinajstić information content (AvgIpc) is 2.76. The molecule has 7 heteroatoms. The summed E-state index contributed by atoms with van der Waals surface area (Å²) in [7, 11) is 0. The summed E-state index contributed by atoms with van der Waals surface area (Å²) in [4.78, 5) is 36.7. The molecule has 4 amide bonds. The van der Waals surface area contributed by atoms with Gasteiger partial charge in [0.1, 0.15) is 18.7 Å². The number of para-hydroxylation sites is 1. The average molecular weight is 300 g/mol. The molecule has 2 N–H and O–H groups in total. The molecule has 2 rings (SSSR count). The molecule has 1 saturated heterocycles. The summed E-state index contributed by atoms with van der Waals surface area (Å²) in [6.45, 7) is 1.54. The van der Waals surface area contributed by atoms with E-state index >= 15 is 0 Å². The molecule has 1 aromatic rings. The second kappa shape index (κ2) is 6.72. The molecule has 1 aromatic carbocycles. The number of nitrogens with one attached hydrogen (secondary N) is 2. The summed E-state index contributed by atoms with van der Waals surface area (Å²) in [5.41, 5.74) is 0.670. The van der Waals surface area contributed by atoms with Gasteiger partial charge in [0.05, 0.1) is 11.3 Å². The Morgan fingerprint density at radius 1 is 1.41 bits per heavy atom. The van der Waals surface area contributed by atoms with Crippen LogP contribution in [0.2, 0.25) is 0 Å². The van der Waals surface area contributed by atoms with Gasteiger partial charge in [-0.2, -0.15) is 5.26 Å². The van der Waals surface area contributed by atoms with Crippen LogP contribution in [0.4, 0.5) is 10.5 Å². The molecule has 1 aliphatic heterocycles. The number of anilines is 1. The highest BCUT2D eigenvalue weighted by Gasteiger charge is 2.38. The minimum Gasteiger partial charge on any atom is -0.326 e. The molecule has 0 unspecified atom stereocenters. The Hall–Kier alpha value is -2.88. The van der Waals surface area contributed by atoms with Crippen LogP contribution < -0.4 is 10.6 Å². The Morgan fingerprint density at radius 3 is 2.82 bits per heavy atom. The van der Waals surface area contributed by atoms with Gasteiger partial charge in [0.15, 0.2) is 0 Å². The Kier molecular flexibility index (Phi) is 4.73. The van der Waals surface area contributed by atoms with Crippen molar-refractivity contribution in [2.45, 2.75) is 25.8 Å². The van der Waals surface area contributed by atoms with Gasteiger partial charge in [0, 0.05) is 0 Å². The highest BCUT2D eigenvalue weighted by Crippen LogP contribution is 2.15. The number of urea groups is 1. The van der Waals surface area contributed by atoms with Crippen LogP contribution in [0.5, 0.6) is 0 Å². The highest BCUT2D eigenvalue weighted by molar-refractivity contribution is 6.08. The summed E-state index contributed by atoms with van der Waals surface area (Å²) in [6, 6.07) is 7.36. The van der Waals surface area contributed by atoms with E-state index in [-0.39, 0.29) is 6.54 Å². The lowest BCUT2D eigenvalue weighted by Crippen LogP contribution is -2.38. The van der Waals surface area contributed by atoms with E-state index in [1.54, 1.807) is 24.3 Å². The van der Waals surface area contributed by atoms with Crippen LogP contribution in [0.25, 0.3) is 0 Å². The van der Waals surface area contributed by atoms with E-state index in [0.717, 1.165) is 11.3 Å². The quantitative estimate of drug-likeness (QED) is 0.798. The van der Waals surface area contributed by atoms with Crippen LogP contribution >= 0.6 is 0 Å². The van der Waals surface area contributed by atoms with Crippen molar-refractivity contribution in [1.29, 1.82) is 5.26 Å². The molecule has 1 fully saturated rings. The summed E-state index contributed by atoms with van der Waals surface area (Å²) < 4.78 is 0. The van der Waals surface area contributed by atoms with E-state index in [0.29, 0.717) is 17.7 Å². The minimum atomic E-state index is -0.563. The van der Waals surface area contributed by atoms with Gasteiger partial charge < -0.3 is 10.6 Å². The number of nitriles is 1. The lowest BCUT2D eigenvalue weighted by molar-refractivity contribution is -0.130. The lowest BCUT2D eigenvalue weighted by Gasteiger charge is -2.13. The van der Waals surface area contributed by atoms with E-state index < -0.39 is 23.9 Å². The first-order valence-corrected chi connectivity index (χ1v) is 6.97. The van der Waals surface area contributed by atoms with Crippen molar-refractivity contribution in [2.75, 3.05) is 11.9 Å². The van der Waals surface area contributed by atoms with Gasteiger partial charge in [-0.1, -0.05) is 25.5 Å². The number of rotatable bonds is 5. The largest absolute Gasteiger partial charge is 0.326 e. The maximum Gasteiger partial charge on any atom is 0.325 e. The fourth-order valence-corrected chi connectivity index (χ4v) is 2.23. The third-order valence-corrected chi connectivity index (χ3v) is 3.31. The van der Waals surface area contributed by atoms with E-state index in [1.165, 1.54) is 0 Å². The fraction of sp³-hybridized carbons (Fsp3) is 0.333. The second-order valence-electron chi connectivity index (χ2n) is 4.92. The van der Waals surface area contributed by atoms with Crippen LogP contribution in [-0.4, -0.2) is 35.3 Å². The van der Waals surface area contributed by atoms with Gasteiger partial charge in [-0.3, -0.25) is 14.5 Å². The highest BCUT2D eigenvalue weighted by atomic mass is 16.2. The minimum absolute atomic E-state index is 0.317. The third kappa shape index (κ3) is 3.23. The van der Waals surface area contributed by atoms with Gasteiger partial charge in [-0.15, -0.1) is 0 Å².